The molecule has 2 fully saturated rings. The maximum Gasteiger partial charge on any atom is 0.348 e. The molecule has 4 rings (SSSR count). The third-order valence-electron chi connectivity index (χ3n) is 8.23. The topological polar surface area (TPSA) is 79.2 Å². The lowest BCUT2D eigenvalue weighted by Gasteiger charge is -2.44. The van der Waals surface area contributed by atoms with E-state index < -0.39 is 11.6 Å². The lowest BCUT2D eigenvalue weighted by Crippen LogP contribution is -2.48. The molecule has 210 valence electrons. The molecule has 38 heavy (non-hydrogen) atoms. The van der Waals surface area contributed by atoms with Gasteiger partial charge in [-0.1, -0.05) is 30.4 Å². The van der Waals surface area contributed by atoms with Gasteiger partial charge in [-0.25, -0.2) is 4.79 Å². The second-order valence-electron chi connectivity index (χ2n) is 12.8. The average molecular weight is 544 g/mol. The summed E-state index contributed by atoms with van der Waals surface area (Å²) in [6.45, 7) is 13.2. The molecule has 1 aromatic heterocycles. The lowest BCUT2D eigenvalue weighted by molar-refractivity contribution is -0.0927. The lowest BCUT2D eigenvalue weighted by atomic mass is 9.79. The molecule has 1 aliphatic heterocycles. The van der Waals surface area contributed by atoms with Crippen molar-refractivity contribution in [1.29, 1.82) is 0 Å². The van der Waals surface area contributed by atoms with Crippen LogP contribution in [0.5, 0.6) is 0 Å². The highest BCUT2D eigenvalue weighted by atomic mass is 32.1. The van der Waals surface area contributed by atoms with E-state index in [0.717, 1.165) is 55.8 Å². The zero-order chi connectivity index (χ0) is 27.5. The van der Waals surface area contributed by atoms with E-state index in [0.29, 0.717) is 42.8 Å². The fraction of sp³-hybridized carbons (Fsp3) is 0.710. The van der Waals surface area contributed by atoms with Crippen molar-refractivity contribution in [3.63, 3.8) is 0 Å². The zero-order valence-corrected chi connectivity index (χ0v) is 24.5. The summed E-state index contributed by atoms with van der Waals surface area (Å²) in [4.78, 5) is 15.9. The van der Waals surface area contributed by atoms with Gasteiger partial charge in [-0.3, -0.25) is 0 Å². The van der Waals surface area contributed by atoms with Crippen LogP contribution < -0.4 is 4.90 Å². The number of aliphatic hydroxyl groups is 1. The molecule has 2 heterocycles. The van der Waals surface area contributed by atoms with Crippen molar-refractivity contribution in [2.75, 3.05) is 31.3 Å². The molecule has 0 spiro atoms. The summed E-state index contributed by atoms with van der Waals surface area (Å²) in [5.41, 5.74) is 1.23. The van der Waals surface area contributed by atoms with Crippen LogP contribution in [-0.4, -0.2) is 60.3 Å². The molecule has 7 heteroatoms. The molecule has 2 aliphatic carbocycles. The van der Waals surface area contributed by atoms with Crippen molar-refractivity contribution in [3.05, 3.63) is 27.5 Å². The third kappa shape index (κ3) is 7.63. The summed E-state index contributed by atoms with van der Waals surface area (Å²) < 4.78 is 11.4. The number of rotatable bonds is 8. The standard InChI is InChI=1S/C31H45NO5S/c1-21-6-7-23(22(2)16-21)18-32(27-17-26(10-12-30(3,4)5)38-28(27)29(33)34)24-8-13-31(35,14-9-24)20-37-25-11-15-36-19-25/h6,17,22-25,35H,7-9,11,13-16,18-20H2,1-5H3,(H,33,34)/t22-,23+,24?,25+,31?/m0/s1. The molecule has 3 aliphatic rings. The van der Waals surface area contributed by atoms with Gasteiger partial charge in [0.1, 0.15) is 4.88 Å². The molecular formula is C31H45NO5S. The molecule has 3 atom stereocenters. The quantitative estimate of drug-likeness (QED) is 0.304. The highest BCUT2D eigenvalue weighted by Gasteiger charge is 2.39. The number of ether oxygens (including phenoxy) is 2. The molecule has 0 amide bonds. The Labute approximate surface area is 232 Å². The monoisotopic (exact) mass is 543 g/mol. The largest absolute Gasteiger partial charge is 0.477 e. The number of aromatic carboxylic acids is 1. The fourth-order valence-electron chi connectivity index (χ4n) is 5.87. The molecule has 0 unspecified atom stereocenters. The summed E-state index contributed by atoms with van der Waals surface area (Å²) in [7, 11) is 0. The molecule has 0 bridgehead atoms. The Balaban J connectivity index is 1.57. The SMILES string of the molecule is CC1=CC[C@H](CN(c2cc(C#CC(C)(C)C)sc2C(=O)O)C2CCC(O)(CO[C@@H]3CCOC3)CC2)[C@@H](C)C1. The Morgan fingerprint density at radius 3 is 2.63 bits per heavy atom. The number of carbonyl (C=O) groups is 1. The molecule has 6 nitrogen and oxygen atoms in total. The summed E-state index contributed by atoms with van der Waals surface area (Å²) in [5, 5.41) is 21.4. The van der Waals surface area contributed by atoms with Gasteiger partial charge in [-0.15, -0.1) is 11.3 Å². The van der Waals surface area contributed by atoms with E-state index in [4.69, 9.17) is 9.47 Å². The predicted octanol–water partition coefficient (Wildman–Crippen LogP) is 6.12. The van der Waals surface area contributed by atoms with Crippen molar-refractivity contribution in [2.24, 2.45) is 17.3 Å². The minimum atomic E-state index is -0.897. The number of carboxylic acid groups (broad SMARTS) is 1. The van der Waals surface area contributed by atoms with Crippen molar-refractivity contribution in [2.45, 2.75) is 97.3 Å². The van der Waals surface area contributed by atoms with Gasteiger partial charge in [-0.05, 0) is 90.5 Å². The van der Waals surface area contributed by atoms with E-state index in [1.807, 2.05) is 6.07 Å². The van der Waals surface area contributed by atoms with Crippen molar-refractivity contribution in [3.8, 4) is 11.8 Å². The van der Waals surface area contributed by atoms with Crippen LogP contribution in [0.1, 0.15) is 94.1 Å². The van der Waals surface area contributed by atoms with Gasteiger partial charge < -0.3 is 24.6 Å². The Kier molecular flexibility index (Phi) is 9.30. The zero-order valence-electron chi connectivity index (χ0n) is 23.7. The first kappa shape index (κ1) is 29.1. The van der Waals surface area contributed by atoms with Crippen LogP contribution in [-0.2, 0) is 9.47 Å². The molecule has 0 radical (unpaired) electrons. The molecule has 2 N–H and O–H groups in total. The van der Waals surface area contributed by atoms with Crippen LogP contribution in [0.2, 0.25) is 0 Å². The number of hydrogen-bond donors (Lipinski definition) is 2. The predicted molar refractivity (Wildman–Crippen MR) is 153 cm³/mol. The fourth-order valence-corrected chi connectivity index (χ4v) is 6.73. The Hall–Kier alpha value is -1.85. The summed E-state index contributed by atoms with van der Waals surface area (Å²) in [5.74, 6) is 6.59. The molecule has 1 aromatic rings. The van der Waals surface area contributed by atoms with Crippen LogP contribution in [0.4, 0.5) is 5.69 Å². The molecule has 0 aromatic carbocycles. The number of anilines is 1. The maximum absolute atomic E-state index is 12.4. The minimum Gasteiger partial charge on any atom is -0.477 e. The Bertz CT molecular complexity index is 1060. The van der Waals surface area contributed by atoms with Gasteiger partial charge in [0.15, 0.2) is 0 Å². The first-order chi connectivity index (χ1) is 17.9. The highest BCUT2D eigenvalue weighted by Crippen LogP contribution is 2.40. The summed E-state index contributed by atoms with van der Waals surface area (Å²) in [6.07, 6.45) is 8.30. The summed E-state index contributed by atoms with van der Waals surface area (Å²) >= 11 is 1.28. The van der Waals surface area contributed by atoms with Crippen molar-refractivity contribution in [1.82, 2.24) is 0 Å². The first-order valence-corrected chi connectivity index (χ1v) is 15.0. The molecular weight excluding hydrogens is 498 g/mol. The van der Waals surface area contributed by atoms with Gasteiger partial charge in [0.05, 0.1) is 35.5 Å². The normalized spacial score (nSPS) is 29.9. The smallest absolute Gasteiger partial charge is 0.348 e. The first-order valence-electron chi connectivity index (χ1n) is 14.2. The number of thiophene rings is 1. The van der Waals surface area contributed by atoms with Crippen LogP contribution in [0.15, 0.2) is 17.7 Å². The second-order valence-corrected chi connectivity index (χ2v) is 13.8. The minimum absolute atomic E-state index is 0.0779. The maximum atomic E-state index is 12.4. The van der Waals surface area contributed by atoms with Gasteiger partial charge in [0.25, 0.3) is 0 Å². The van der Waals surface area contributed by atoms with Gasteiger partial charge in [0.2, 0.25) is 0 Å². The van der Waals surface area contributed by atoms with Crippen LogP contribution >= 0.6 is 11.3 Å². The van der Waals surface area contributed by atoms with E-state index in [1.165, 1.54) is 16.9 Å². The van der Waals surface area contributed by atoms with E-state index in [2.05, 4.69) is 57.4 Å². The Morgan fingerprint density at radius 1 is 1.29 bits per heavy atom. The summed E-state index contributed by atoms with van der Waals surface area (Å²) in [6, 6.07) is 2.16. The van der Waals surface area contributed by atoms with Gasteiger partial charge >= 0.3 is 5.97 Å². The van der Waals surface area contributed by atoms with E-state index in [-0.39, 0.29) is 17.6 Å². The number of carboxylic acids is 1. The van der Waals surface area contributed by atoms with Gasteiger partial charge in [0, 0.05) is 24.6 Å². The Morgan fingerprint density at radius 2 is 2.03 bits per heavy atom. The molecule has 1 saturated heterocycles. The molecule has 1 saturated carbocycles. The number of hydrogen-bond acceptors (Lipinski definition) is 6. The number of nitrogens with zero attached hydrogens (tertiary/aromatic N) is 1. The van der Waals surface area contributed by atoms with E-state index >= 15 is 0 Å². The highest BCUT2D eigenvalue weighted by molar-refractivity contribution is 7.15. The van der Waals surface area contributed by atoms with E-state index in [9.17, 15) is 15.0 Å². The van der Waals surface area contributed by atoms with Crippen LogP contribution in [0.3, 0.4) is 0 Å². The number of allylic oxidation sites excluding steroid dienone is 2. The second kappa shape index (κ2) is 12.1. The van der Waals surface area contributed by atoms with Crippen molar-refractivity contribution < 1.29 is 24.5 Å². The van der Waals surface area contributed by atoms with Crippen molar-refractivity contribution >= 4 is 23.0 Å². The third-order valence-corrected chi connectivity index (χ3v) is 9.26. The van der Waals surface area contributed by atoms with Crippen LogP contribution in [0, 0.1) is 29.1 Å². The van der Waals surface area contributed by atoms with Gasteiger partial charge in [-0.2, -0.15) is 0 Å². The van der Waals surface area contributed by atoms with E-state index in [1.54, 1.807) is 0 Å². The van der Waals surface area contributed by atoms with Crippen LogP contribution in [0.25, 0.3) is 0 Å². The average Bonchev–Trinajstić information content (AvgIpc) is 3.52.